The summed E-state index contributed by atoms with van der Waals surface area (Å²) >= 11 is 0. The van der Waals surface area contributed by atoms with Crippen molar-refractivity contribution in [2.24, 2.45) is 0 Å². The Kier molecular flexibility index (Phi) is 6.45. The molecule has 0 aromatic carbocycles. The summed E-state index contributed by atoms with van der Waals surface area (Å²) in [6.45, 7) is 7.91. The zero-order valence-electron chi connectivity index (χ0n) is 12.3. The molecule has 0 aliphatic heterocycles. The van der Waals surface area contributed by atoms with Crippen LogP contribution in [0.2, 0.25) is 0 Å². The first-order chi connectivity index (χ1) is 8.43. The summed E-state index contributed by atoms with van der Waals surface area (Å²) in [4.78, 5) is 23.2. The molecule has 1 radical (unpaired) electrons. The molecule has 0 unspecified atom stereocenters. The Morgan fingerprint density at radius 3 is 1.42 bits per heavy atom. The Bertz CT molecular complexity index is 286. The quantitative estimate of drug-likeness (QED) is 0.541. The van der Waals surface area contributed by atoms with Gasteiger partial charge in [0.15, 0.2) is 6.17 Å². The van der Waals surface area contributed by atoms with Crippen molar-refractivity contribution in [3.63, 3.8) is 0 Å². The number of hydrogen-bond donors (Lipinski definition) is 4. The molecule has 0 aromatic heterocycles. The normalized spacial score (nSPS) is 12.4. The predicted molar refractivity (Wildman–Crippen MR) is 71.6 cm³/mol. The average molecular weight is 273 g/mol. The number of amides is 2. The van der Waals surface area contributed by atoms with Crippen LogP contribution in [0.3, 0.4) is 0 Å². The van der Waals surface area contributed by atoms with E-state index in [1.165, 1.54) is 27.7 Å². The number of carbonyl (C=O) groups is 2. The number of hydrogen-bond acceptors (Lipinski definition) is 4. The molecule has 0 rings (SSSR count). The molecular formula is C13H25N2O4. The van der Waals surface area contributed by atoms with E-state index in [0.29, 0.717) is 12.6 Å². The Hall–Kier alpha value is -1.14. The van der Waals surface area contributed by atoms with Gasteiger partial charge in [-0.1, -0.05) is 6.92 Å². The first kappa shape index (κ1) is 17.9. The first-order valence-electron chi connectivity index (χ1n) is 6.33. The molecule has 0 aliphatic rings. The van der Waals surface area contributed by atoms with Crippen LogP contribution in [0.4, 0.5) is 0 Å². The molecular weight excluding hydrogens is 248 g/mol. The minimum absolute atomic E-state index is 0.0577. The third-order valence-electron chi connectivity index (χ3n) is 2.12. The Labute approximate surface area is 114 Å². The van der Waals surface area contributed by atoms with Gasteiger partial charge in [-0.2, -0.15) is 0 Å². The minimum Gasteiger partial charge on any atom is -0.390 e. The number of carbonyl (C=O) groups excluding carboxylic acids is 2. The Morgan fingerprint density at radius 2 is 1.21 bits per heavy atom. The van der Waals surface area contributed by atoms with Crippen LogP contribution in [-0.4, -0.2) is 33.2 Å². The summed E-state index contributed by atoms with van der Waals surface area (Å²) < 4.78 is 0. The zero-order valence-corrected chi connectivity index (χ0v) is 12.3. The van der Waals surface area contributed by atoms with Crippen molar-refractivity contribution in [2.75, 3.05) is 0 Å². The molecule has 0 fully saturated rings. The van der Waals surface area contributed by atoms with E-state index in [-0.39, 0.29) is 24.7 Å². The maximum Gasteiger partial charge on any atom is 0.224 e. The fourth-order valence-electron chi connectivity index (χ4n) is 1.42. The molecule has 0 saturated heterocycles. The van der Waals surface area contributed by atoms with Gasteiger partial charge in [-0.25, -0.2) is 0 Å². The van der Waals surface area contributed by atoms with Gasteiger partial charge in [0.05, 0.1) is 24.0 Å². The maximum absolute atomic E-state index is 11.6. The maximum atomic E-state index is 11.6. The van der Waals surface area contributed by atoms with Crippen LogP contribution in [0.1, 0.15) is 53.9 Å². The molecule has 4 N–H and O–H groups in total. The van der Waals surface area contributed by atoms with Crippen molar-refractivity contribution in [2.45, 2.75) is 65.1 Å². The van der Waals surface area contributed by atoms with Gasteiger partial charge in [-0.3, -0.25) is 9.59 Å². The van der Waals surface area contributed by atoms with Crippen LogP contribution >= 0.6 is 0 Å². The second kappa shape index (κ2) is 6.86. The van der Waals surface area contributed by atoms with Crippen LogP contribution in [0.5, 0.6) is 0 Å². The van der Waals surface area contributed by atoms with Crippen molar-refractivity contribution >= 4 is 11.8 Å². The molecule has 2 amide bonds. The molecule has 0 atom stereocenters. The van der Waals surface area contributed by atoms with Gasteiger partial charge in [0, 0.05) is 0 Å². The summed E-state index contributed by atoms with van der Waals surface area (Å²) in [7, 11) is 0. The molecule has 0 saturated carbocycles. The molecule has 0 heterocycles. The lowest BCUT2D eigenvalue weighted by Crippen LogP contribution is -2.44. The van der Waals surface area contributed by atoms with Crippen molar-refractivity contribution in [1.82, 2.24) is 10.6 Å². The number of nitrogens with one attached hydrogen (secondary N) is 2. The van der Waals surface area contributed by atoms with Gasteiger partial charge < -0.3 is 20.8 Å². The van der Waals surface area contributed by atoms with Gasteiger partial charge in [-0.05, 0) is 34.1 Å². The smallest absolute Gasteiger partial charge is 0.224 e. The van der Waals surface area contributed by atoms with Crippen LogP contribution in [0.25, 0.3) is 0 Å². The molecule has 111 valence electrons. The van der Waals surface area contributed by atoms with Crippen molar-refractivity contribution in [3.8, 4) is 0 Å². The highest BCUT2D eigenvalue weighted by atomic mass is 16.3. The average Bonchev–Trinajstić information content (AvgIpc) is 2.10. The highest BCUT2D eigenvalue weighted by molar-refractivity contribution is 5.81. The van der Waals surface area contributed by atoms with Gasteiger partial charge in [0.25, 0.3) is 0 Å². The van der Waals surface area contributed by atoms with Crippen molar-refractivity contribution < 1.29 is 19.8 Å². The van der Waals surface area contributed by atoms with Crippen LogP contribution in [0, 0.1) is 6.17 Å². The van der Waals surface area contributed by atoms with Crippen molar-refractivity contribution in [3.05, 3.63) is 6.17 Å². The van der Waals surface area contributed by atoms with E-state index < -0.39 is 11.2 Å². The van der Waals surface area contributed by atoms with Crippen LogP contribution < -0.4 is 10.6 Å². The van der Waals surface area contributed by atoms with E-state index >= 15 is 0 Å². The molecule has 0 aromatic rings. The molecule has 0 spiro atoms. The third kappa shape index (κ3) is 10.5. The monoisotopic (exact) mass is 273 g/mol. The lowest BCUT2D eigenvalue weighted by molar-refractivity contribution is -0.126. The van der Waals surface area contributed by atoms with E-state index in [4.69, 9.17) is 0 Å². The predicted octanol–water partition coefficient (Wildman–Crippen LogP) is 0.440. The topological polar surface area (TPSA) is 98.7 Å². The largest absolute Gasteiger partial charge is 0.390 e. The van der Waals surface area contributed by atoms with Gasteiger partial charge in [0.2, 0.25) is 11.8 Å². The van der Waals surface area contributed by atoms with Crippen LogP contribution in [-0.2, 0) is 9.59 Å². The van der Waals surface area contributed by atoms with E-state index in [0.717, 1.165) is 0 Å². The van der Waals surface area contributed by atoms with E-state index in [1.807, 2.05) is 0 Å². The van der Waals surface area contributed by atoms with E-state index in [1.54, 1.807) is 6.92 Å². The molecule has 19 heavy (non-hydrogen) atoms. The summed E-state index contributed by atoms with van der Waals surface area (Å²) in [5.41, 5.74) is -2.19. The second-order valence-corrected chi connectivity index (χ2v) is 5.91. The van der Waals surface area contributed by atoms with E-state index in [2.05, 4.69) is 10.6 Å². The standard InChI is InChI=1S/C13H25N2O4/c1-6-9(14-10(16)7-12(2,3)18)15-11(17)8-13(4,5)19/h18-19H,6-8H2,1-5H3,(H,14,16)(H,15,17). The Morgan fingerprint density at radius 1 is 0.895 bits per heavy atom. The second-order valence-electron chi connectivity index (χ2n) is 5.91. The molecule has 6 heteroatoms. The van der Waals surface area contributed by atoms with Gasteiger partial charge in [-0.15, -0.1) is 0 Å². The summed E-state index contributed by atoms with van der Waals surface area (Å²) in [5.74, 6) is -0.735. The highest BCUT2D eigenvalue weighted by Crippen LogP contribution is 2.10. The third-order valence-corrected chi connectivity index (χ3v) is 2.12. The fourth-order valence-corrected chi connectivity index (χ4v) is 1.42. The zero-order chi connectivity index (χ0) is 15.3. The molecule has 6 nitrogen and oxygen atoms in total. The first-order valence-corrected chi connectivity index (χ1v) is 6.33. The highest BCUT2D eigenvalue weighted by Gasteiger charge is 2.23. The van der Waals surface area contributed by atoms with Gasteiger partial charge >= 0.3 is 0 Å². The van der Waals surface area contributed by atoms with Crippen molar-refractivity contribution in [1.29, 1.82) is 0 Å². The lowest BCUT2D eigenvalue weighted by atomic mass is 10.0. The molecule has 0 aliphatic carbocycles. The van der Waals surface area contributed by atoms with Crippen LogP contribution in [0.15, 0.2) is 0 Å². The summed E-state index contributed by atoms with van der Waals surface area (Å²) in [6, 6.07) is 0. The summed E-state index contributed by atoms with van der Waals surface area (Å²) in [6.07, 6.45) is 0.689. The minimum atomic E-state index is -1.10. The fraction of sp³-hybridized carbons (Fsp3) is 0.769. The summed E-state index contributed by atoms with van der Waals surface area (Å²) in [5, 5.41) is 24.1. The number of aliphatic hydroxyl groups is 2. The molecule has 0 bridgehead atoms. The van der Waals surface area contributed by atoms with Gasteiger partial charge in [0.1, 0.15) is 0 Å². The SMILES string of the molecule is CC[C](NC(=O)CC(C)(C)O)NC(=O)CC(C)(C)O. The number of rotatable bonds is 7. The Balaban J connectivity index is 4.29. The lowest BCUT2D eigenvalue weighted by Gasteiger charge is -2.22. The van der Waals surface area contributed by atoms with E-state index in [9.17, 15) is 19.8 Å².